The summed E-state index contributed by atoms with van der Waals surface area (Å²) in [5.41, 5.74) is 3.27. The highest BCUT2D eigenvalue weighted by Gasteiger charge is 2.28. The van der Waals surface area contributed by atoms with Crippen LogP contribution in [0.15, 0.2) is 48.8 Å². The van der Waals surface area contributed by atoms with Gasteiger partial charge in [0.15, 0.2) is 0 Å². The first kappa shape index (κ1) is 20.1. The number of ether oxygens (including phenoxy) is 1. The molecular weight excluding hydrogens is 370 g/mol. The fraction of sp³-hybridized carbons (Fsp3) is 0.238. The molecule has 29 heavy (non-hydrogen) atoms. The van der Waals surface area contributed by atoms with Crippen molar-refractivity contribution in [3.63, 3.8) is 0 Å². The van der Waals surface area contributed by atoms with Crippen molar-refractivity contribution in [3.05, 3.63) is 70.0 Å². The van der Waals surface area contributed by atoms with Crippen LogP contribution in [0.25, 0.3) is 0 Å². The van der Waals surface area contributed by atoms with Gasteiger partial charge < -0.3 is 15.0 Å². The molecule has 1 N–H and O–H groups in total. The number of nitrogens with one attached hydrogen (secondary N) is 1. The highest BCUT2D eigenvalue weighted by Crippen LogP contribution is 2.38. The van der Waals surface area contributed by atoms with Crippen molar-refractivity contribution in [2.45, 2.75) is 20.8 Å². The Kier molecular flexibility index (Phi) is 5.92. The second kappa shape index (κ2) is 8.55. The number of aryl methyl sites for hydroxylation is 2. The second-order valence-electron chi connectivity index (χ2n) is 6.56. The quantitative estimate of drug-likeness (QED) is 0.450. The van der Waals surface area contributed by atoms with E-state index in [-0.39, 0.29) is 17.3 Å². The zero-order chi connectivity index (χ0) is 21.0. The highest BCUT2D eigenvalue weighted by atomic mass is 16.6. The van der Waals surface area contributed by atoms with Crippen LogP contribution in [-0.4, -0.2) is 28.5 Å². The molecule has 0 amide bonds. The van der Waals surface area contributed by atoms with E-state index in [0.717, 1.165) is 16.8 Å². The average molecular weight is 393 g/mol. The minimum Gasteiger partial charge on any atom is -0.495 e. The Morgan fingerprint density at radius 1 is 1.14 bits per heavy atom. The molecule has 0 saturated carbocycles. The van der Waals surface area contributed by atoms with Crippen molar-refractivity contribution in [2.75, 3.05) is 23.9 Å². The molecule has 0 aliphatic rings. The van der Waals surface area contributed by atoms with Gasteiger partial charge in [-0.1, -0.05) is 18.2 Å². The fourth-order valence-corrected chi connectivity index (χ4v) is 3.12. The summed E-state index contributed by atoms with van der Waals surface area (Å²) in [5, 5.41) is 15.1. The average Bonchev–Trinajstić information content (AvgIpc) is 2.69. The van der Waals surface area contributed by atoms with Crippen molar-refractivity contribution in [1.82, 2.24) is 9.97 Å². The summed E-state index contributed by atoms with van der Waals surface area (Å²) in [7, 11) is 1.55. The van der Waals surface area contributed by atoms with Crippen molar-refractivity contribution in [1.29, 1.82) is 0 Å². The van der Waals surface area contributed by atoms with Crippen molar-refractivity contribution in [2.24, 2.45) is 0 Å². The topological polar surface area (TPSA) is 93.4 Å². The van der Waals surface area contributed by atoms with E-state index >= 15 is 0 Å². The number of hydrogen-bond donors (Lipinski definition) is 1. The second-order valence-corrected chi connectivity index (χ2v) is 6.56. The molecule has 2 aromatic carbocycles. The molecule has 1 heterocycles. The summed E-state index contributed by atoms with van der Waals surface area (Å²) >= 11 is 0. The largest absolute Gasteiger partial charge is 0.495 e. The summed E-state index contributed by atoms with van der Waals surface area (Å²) in [5.74, 6) is 0.901. The predicted molar refractivity (Wildman–Crippen MR) is 114 cm³/mol. The third-order valence-electron chi connectivity index (χ3n) is 4.48. The van der Waals surface area contributed by atoms with E-state index in [1.165, 1.54) is 6.33 Å². The molecule has 1 aromatic heterocycles. The Labute approximate surface area is 169 Å². The molecule has 0 radical (unpaired) electrons. The van der Waals surface area contributed by atoms with E-state index in [4.69, 9.17) is 4.74 Å². The monoisotopic (exact) mass is 393 g/mol. The number of nitrogens with zero attached hydrogens (tertiary/aromatic N) is 4. The lowest BCUT2D eigenvalue weighted by Gasteiger charge is -2.22. The van der Waals surface area contributed by atoms with Gasteiger partial charge in [0.05, 0.1) is 17.7 Å². The molecule has 0 aliphatic heterocycles. The van der Waals surface area contributed by atoms with Gasteiger partial charge in [-0.15, -0.1) is 0 Å². The minimum absolute atomic E-state index is 0.106. The van der Waals surface area contributed by atoms with E-state index in [9.17, 15) is 10.1 Å². The van der Waals surface area contributed by atoms with E-state index in [0.29, 0.717) is 18.0 Å². The number of nitro groups is 1. The number of methoxy groups -OCH3 is 1. The summed E-state index contributed by atoms with van der Waals surface area (Å²) in [6.07, 6.45) is 1.32. The zero-order valence-corrected chi connectivity index (χ0v) is 16.8. The Balaban J connectivity index is 2.11. The van der Waals surface area contributed by atoms with Crippen LogP contribution in [0, 0.1) is 24.0 Å². The molecule has 0 saturated heterocycles. The van der Waals surface area contributed by atoms with Crippen molar-refractivity contribution < 1.29 is 9.66 Å². The van der Waals surface area contributed by atoms with Crippen LogP contribution in [0.5, 0.6) is 5.75 Å². The fourth-order valence-electron chi connectivity index (χ4n) is 3.12. The molecule has 0 spiro atoms. The van der Waals surface area contributed by atoms with Gasteiger partial charge in [-0.25, -0.2) is 9.97 Å². The number of rotatable bonds is 7. The Hall–Kier alpha value is -3.68. The van der Waals surface area contributed by atoms with Crippen LogP contribution in [0.3, 0.4) is 0 Å². The highest BCUT2D eigenvalue weighted by molar-refractivity contribution is 5.79. The summed E-state index contributed by atoms with van der Waals surface area (Å²) in [4.78, 5) is 21.7. The molecule has 0 atom stereocenters. The third kappa shape index (κ3) is 4.26. The Morgan fingerprint density at radius 2 is 1.90 bits per heavy atom. The molecule has 8 heteroatoms. The molecule has 3 aromatic rings. The smallest absolute Gasteiger partial charge is 0.354 e. The molecular formula is C21H23N5O3. The lowest BCUT2D eigenvalue weighted by molar-refractivity contribution is -0.383. The minimum atomic E-state index is -0.460. The molecule has 8 nitrogen and oxygen atoms in total. The van der Waals surface area contributed by atoms with Crippen molar-refractivity contribution >= 4 is 28.7 Å². The number of aromatic nitrogens is 2. The van der Waals surface area contributed by atoms with E-state index in [2.05, 4.69) is 15.3 Å². The summed E-state index contributed by atoms with van der Waals surface area (Å²) in [6, 6.07) is 13.3. The molecule has 150 valence electrons. The zero-order valence-electron chi connectivity index (χ0n) is 16.8. The van der Waals surface area contributed by atoms with Crippen LogP contribution in [-0.2, 0) is 0 Å². The van der Waals surface area contributed by atoms with Gasteiger partial charge in [-0.05, 0) is 56.2 Å². The maximum atomic E-state index is 12.0. The Morgan fingerprint density at radius 3 is 2.55 bits per heavy atom. The van der Waals surface area contributed by atoms with Crippen LogP contribution in [0.4, 0.5) is 28.7 Å². The number of benzene rings is 2. The van der Waals surface area contributed by atoms with E-state index in [1.807, 2.05) is 57.2 Å². The lowest BCUT2D eigenvalue weighted by atomic mass is 10.2. The first-order valence-electron chi connectivity index (χ1n) is 9.19. The van der Waals surface area contributed by atoms with Crippen LogP contribution < -0.4 is 15.0 Å². The van der Waals surface area contributed by atoms with Gasteiger partial charge in [-0.2, -0.15) is 0 Å². The number of hydrogen-bond acceptors (Lipinski definition) is 7. The van der Waals surface area contributed by atoms with Gasteiger partial charge in [0.25, 0.3) is 0 Å². The Bertz CT molecular complexity index is 1040. The van der Waals surface area contributed by atoms with Crippen LogP contribution >= 0.6 is 0 Å². The van der Waals surface area contributed by atoms with Gasteiger partial charge in [0, 0.05) is 12.2 Å². The van der Waals surface area contributed by atoms with Gasteiger partial charge >= 0.3 is 5.69 Å². The van der Waals surface area contributed by atoms with Gasteiger partial charge in [0.2, 0.25) is 11.6 Å². The van der Waals surface area contributed by atoms with Gasteiger partial charge in [0.1, 0.15) is 12.1 Å². The predicted octanol–water partition coefficient (Wildman–Crippen LogP) is 4.91. The van der Waals surface area contributed by atoms with Gasteiger partial charge in [-0.3, -0.25) is 10.1 Å². The summed E-state index contributed by atoms with van der Waals surface area (Å²) < 4.78 is 5.37. The van der Waals surface area contributed by atoms with E-state index in [1.54, 1.807) is 18.1 Å². The first-order valence-corrected chi connectivity index (χ1v) is 9.19. The maximum absolute atomic E-state index is 12.0. The number of anilines is 4. The third-order valence-corrected chi connectivity index (χ3v) is 4.48. The van der Waals surface area contributed by atoms with E-state index < -0.39 is 4.92 Å². The molecule has 0 bridgehead atoms. The van der Waals surface area contributed by atoms with Crippen LogP contribution in [0.2, 0.25) is 0 Å². The molecule has 3 rings (SSSR count). The summed E-state index contributed by atoms with van der Waals surface area (Å²) in [6.45, 7) is 6.34. The van der Waals surface area contributed by atoms with Crippen molar-refractivity contribution in [3.8, 4) is 5.75 Å². The normalized spacial score (nSPS) is 10.5. The SMILES string of the molecule is CCN(c1cccc(C)c1)c1ncnc(Nc2cc(C)ccc2OC)c1[N+](=O)[O-]. The standard InChI is InChI=1S/C21H23N5O3/c1-5-25(16-8-6-7-14(2)11-16)21-19(26(27)28)20(22-13-23-21)24-17-12-15(3)9-10-18(17)29-4/h6-13H,5H2,1-4H3,(H,22,23,24). The lowest BCUT2D eigenvalue weighted by Crippen LogP contribution is -2.20. The molecule has 0 fully saturated rings. The molecule has 0 unspecified atom stereocenters. The van der Waals surface area contributed by atoms with Crippen LogP contribution in [0.1, 0.15) is 18.1 Å². The first-order chi connectivity index (χ1) is 13.9. The molecule has 0 aliphatic carbocycles. The maximum Gasteiger partial charge on any atom is 0.354 e.